The Bertz CT molecular complexity index is 648. The largest absolute Gasteiger partial charge is 0.465 e. The summed E-state index contributed by atoms with van der Waals surface area (Å²) < 4.78 is 6.73. The van der Waals surface area contributed by atoms with E-state index in [2.05, 4.69) is 11.6 Å². The molecular formula is C15H15ClN2O2. The van der Waals surface area contributed by atoms with Crippen molar-refractivity contribution >= 4 is 17.6 Å². The molecule has 2 aromatic rings. The molecular weight excluding hydrogens is 276 g/mol. The second-order valence-electron chi connectivity index (χ2n) is 4.26. The van der Waals surface area contributed by atoms with E-state index in [4.69, 9.17) is 16.3 Å². The van der Waals surface area contributed by atoms with Crippen LogP contribution in [-0.4, -0.2) is 22.6 Å². The molecule has 0 N–H and O–H groups in total. The van der Waals surface area contributed by atoms with Gasteiger partial charge in [-0.25, -0.2) is 4.79 Å². The second kappa shape index (κ2) is 5.92. The van der Waals surface area contributed by atoms with Crippen LogP contribution in [0.1, 0.15) is 16.1 Å². The van der Waals surface area contributed by atoms with Crippen LogP contribution in [0.25, 0.3) is 11.3 Å². The molecule has 0 amide bonds. The zero-order chi connectivity index (χ0) is 14.7. The lowest BCUT2D eigenvalue weighted by Crippen LogP contribution is -2.05. The Hall–Kier alpha value is -2.07. The molecule has 0 aliphatic carbocycles. The van der Waals surface area contributed by atoms with Crippen molar-refractivity contribution < 1.29 is 9.53 Å². The molecule has 0 aliphatic rings. The Morgan fingerprint density at radius 2 is 2.35 bits per heavy atom. The van der Waals surface area contributed by atoms with Gasteiger partial charge in [0.25, 0.3) is 0 Å². The molecule has 0 unspecified atom stereocenters. The number of pyridine rings is 1. The lowest BCUT2D eigenvalue weighted by molar-refractivity contribution is 0.0600. The van der Waals surface area contributed by atoms with Gasteiger partial charge in [0.15, 0.2) is 0 Å². The van der Waals surface area contributed by atoms with Gasteiger partial charge in [-0.3, -0.25) is 4.98 Å². The molecule has 2 rings (SSSR count). The first-order chi connectivity index (χ1) is 9.61. The van der Waals surface area contributed by atoms with E-state index in [0.29, 0.717) is 17.1 Å². The topological polar surface area (TPSA) is 44.1 Å². The number of methoxy groups -OCH3 is 1. The van der Waals surface area contributed by atoms with Gasteiger partial charge >= 0.3 is 5.97 Å². The average molecular weight is 291 g/mol. The number of esters is 1. The minimum Gasteiger partial charge on any atom is -0.465 e. The number of carbonyl (C=O) groups is 1. The lowest BCUT2D eigenvalue weighted by Gasteiger charge is -2.09. The van der Waals surface area contributed by atoms with E-state index in [0.717, 1.165) is 17.0 Å². The molecule has 4 nitrogen and oxygen atoms in total. The highest BCUT2D eigenvalue weighted by atomic mass is 35.5. The van der Waals surface area contributed by atoms with E-state index >= 15 is 0 Å². The van der Waals surface area contributed by atoms with Crippen molar-refractivity contribution in [3.05, 3.63) is 53.5 Å². The molecule has 0 radical (unpaired) electrons. The van der Waals surface area contributed by atoms with Crippen LogP contribution in [0.5, 0.6) is 0 Å². The van der Waals surface area contributed by atoms with Crippen LogP contribution >= 0.6 is 11.6 Å². The third-order valence-electron chi connectivity index (χ3n) is 3.10. The number of hydrogen-bond donors (Lipinski definition) is 0. The molecule has 2 heterocycles. The quantitative estimate of drug-likeness (QED) is 0.639. The predicted molar refractivity (Wildman–Crippen MR) is 78.9 cm³/mol. The Morgan fingerprint density at radius 1 is 1.60 bits per heavy atom. The van der Waals surface area contributed by atoms with Crippen LogP contribution in [-0.2, 0) is 11.3 Å². The highest BCUT2D eigenvalue weighted by molar-refractivity contribution is 6.36. The van der Waals surface area contributed by atoms with Crippen LogP contribution in [0.3, 0.4) is 0 Å². The molecule has 20 heavy (non-hydrogen) atoms. The minimum absolute atomic E-state index is 0.379. The van der Waals surface area contributed by atoms with Crippen molar-refractivity contribution in [2.75, 3.05) is 7.11 Å². The molecule has 0 aliphatic heterocycles. The highest BCUT2D eigenvalue weighted by Crippen LogP contribution is 2.35. The van der Waals surface area contributed by atoms with Gasteiger partial charge in [-0.05, 0) is 19.1 Å². The monoisotopic (exact) mass is 290 g/mol. The molecule has 0 fully saturated rings. The molecule has 0 bridgehead atoms. The summed E-state index contributed by atoms with van der Waals surface area (Å²) in [6.07, 6.45) is 5.15. The number of carbonyl (C=O) groups excluding carboxylic acids is 1. The fraction of sp³-hybridized carbons (Fsp3) is 0.200. The maximum Gasteiger partial charge on any atom is 0.341 e. The summed E-state index contributed by atoms with van der Waals surface area (Å²) in [7, 11) is 1.34. The van der Waals surface area contributed by atoms with Crippen molar-refractivity contribution in [2.45, 2.75) is 13.5 Å². The molecule has 0 atom stereocenters. The van der Waals surface area contributed by atoms with Crippen molar-refractivity contribution in [3.63, 3.8) is 0 Å². The number of allylic oxidation sites excluding steroid dienone is 1. The number of hydrogen-bond acceptors (Lipinski definition) is 3. The van der Waals surface area contributed by atoms with Gasteiger partial charge in [0.1, 0.15) is 0 Å². The fourth-order valence-electron chi connectivity index (χ4n) is 2.18. The summed E-state index contributed by atoms with van der Waals surface area (Å²) in [5, 5.41) is 0.379. The van der Waals surface area contributed by atoms with E-state index in [1.54, 1.807) is 18.5 Å². The van der Waals surface area contributed by atoms with Crippen molar-refractivity contribution in [3.8, 4) is 11.3 Å². The number of ether oxygens (including phenoxy) is 1. The molecule has 0 aromatic carbocycles. The number of aromatic nitrogens is 2. The highest BCUT2D eigenvalue weighted by Gasteiger charge is 2.25. The molecule has 0 saturated heterocycles. The van der Waals surface area contributed by atoms with Crippen LogP contribution in [0.4, 0.5) is 0 Å². The van der Waals surface area contributed by atoms with E-state index in [9.17, 15) is 4.79 Å². The zero-order valence-electron chi connectivity index (χ0n) is 11.4. The van der Waals surface area contributed by atoms with Gasteiger partial charge in [-0.2, -0.15) is 0 Å². The summed E-state index contributed by atoms with van der Waals surface area (Å²) in [5.41, 5.74) is 2.73. The Kier molecular flexibility index (Phi) is 4.25. The van der Waals surface area contributed by atoms with Crippen molar-refractivity contribution in [1.29, 1.82) is 0 Å². The second-order valence-corrected chi connectivity index (χ2v) is 4.63. The van der Waals surface area contributed by atoms with Gasteiger partial charge in [0, 0.05) is 30.2 Å². The van der Waals surface area contributed by atoms with Gasteiger partial charge in [0.2, 0.25) is 0 Å². The smallest absolute Gasteiger partial charge is 0.341 e. The van der Waals surface area contributed by atoms with Gasteiger partial charge in [-0.15, -0.1) is 6.58 Å². The Labute approximate surface area is 122 Å². The molecule has 5 heteroatoms. The van der Waals surface area contributed by atoms with Crippen LogP contribution < -0.4 is 0 Å². The summed E-state index contributed by atoms with van der Waals surface area (Å²) in [6, 6.07) is 3.72. The fourth-order valence-corrected chi connectivity index (χ4v) is 2.61. The zero-order valence-corrected chi connectivity index (χ0v) is 12.1. The Morgan fingerprint density at radius 3 is 2.90 bits per heavy atom. The lowest BCUT2D eigenvalue weighted by atomic mass is 10.2. The van der Waals surface area contributed by atoms with E-state index in [1.165, 1.54) is 7.11 Å². The van der Waals surface area contributed by atoms with E-state index < -0.39 is 5.97 Å². The van der Waals surface area contributed by atoms with E-state index in [1.807, 2.05) is 23.6 Å². The van der Waals surface area contributed by atoms with Crippen LogP contribution in [0, 0.1) is 6.92 Å². The summed E-state index contributed by atoms with van der Waals surface area (Å²) in [4.78, 5) is 16.0. The first-order valence-electron chi connectivity index (χ1n) is 6.10. The average Bonchev–Trinajstić information content (AvgIpc) is 2.71. The number of halogens is 1. The molecule has 104 valence electrons. The third-order valence-corrected chi connectivity index (χ3v) is 3.47. The standard InChI is InChI=1S/C15H15ClN2O2/c1-4-8-18-10(2)12(15(19)20-3)13(16)14(18)11-6-5-7-17-9-11/h4-7,9H,1,8H2,2-3H3. The van der Waals surface area contributed by atoms with Crippen LogP contribution in [0.2, 0.25) is 5.02 Å². The first kappa shape index (κ1) is 14.3. The predicted octanol–water partition coefficient (Wildman–Crippen LogP) is 3.48. The van der Waals surface area contributed by atoms with Gasteiger partial charge in [0.05, 0.1) is 23.4 Å². The van der Waals surface area contributed by atoms with Crippen molar-refractivity contribution in [1.82, 2.24) is 9.55 Å². The maximum atomic E-state index is 11.9. The van der Waals surface area contributed by atoms with Crippen LogP contribution in [0.15, 0.2) is 37.2 Å². The Balaban J connectivity index is 2.72. The third kappa shape index (κ3) is 2.34. The molecule has 0 saturated carbocycles. The molecule has 2 aromatic heterocycles. The number of nitrogens with zero attached hydrogens (tertiary/aromatic N) is 2. The number of rotatable bonds is 4. The molecule has 0 spiro atoms. The van der Waals surface area contributed by atoms with Crippen molar-refractivity contribution in [2.24, 2.45) is 0 Å². The maximum absolute atomic E-state index is 11.9. The summed E-state index contributed by atoms with van der Waals surface area (Å²) >= 11 is 6.39. The normalized spacial score (nSPS) is 10.3. The minimum atomic E-state index is -0.444. The summed E-state index contributed by atoms with van der Waals surface area (Å²) in [5.74, 6) is -0.444. The van der Waals surface area contributed by atoms with Gasteiger partial charge < -0.3 is 9.30 Å². The first-order valence-corrected chi connectivity index (χ1v) is 6.47. The SMILES string of the molecule is C=CCn1c(C)c(C(=O)OC)c(Cl)c1-c1cccnc1. The van der Waals surface area contributed by atoms with E-state index in [-0.39, 0.29) is 0 Å². The summed E-state index contributed by atoms with van der Waals surface area (Å²) in [6.45, 7) is 6.12. The van der Waals surface area contributed by atoms with Gasteiger partial charge in [-0.1, -0.05) is 17.7 Å².